The second kappa shape index (κ2) is 3.48. The Bertz CT molecular complexity index is 233. The summed E-state index contributed by atoms with van der Waals surface area (Å²) in [5.74, 6) is -0.401. The third-order valence-corrected chi connectivity index (χ3v) is 2.39. The highest BCUT2D eigenvalue weighted by molar-refractivity contribution is 7.09. The first-order valence-corrected chi connectivity index (χ1v) is 4.10. The molecule has 0 fully saturated rings. The van der Waals surface area contributed by atoms with E-state index in [1.807, 2.05) is 0 Å². The topological polar surface area (TPSA) is 39.2 Å². The van der Waals surface area contributed by atoms with E-state index in [-0.39, 0.29) is 11.9 Å². The Morgan fingerprint density at radius 1 is 1.82 bits per heavy atom. The van der Waals surface area contributed by atoms with Crippen molar-refractivity contribution in [3.8, 4) is 0 Å². The predicted octanol–water partition coefficient (Wildman–Crippen LogP) is 1.42. The zero-order chi connectivity index (χ0) is 8.27. The van der Waals surface area contributed by atoms with Crippen LogP contribution in [0.5, 0.6) is 0 Å². The average molecular weight is 171 g/mol. The summed E-state index contributed by atoms with van der Waals surface area (Å²) in [6.07, 6.45) is 1.69. The van der Waals surface area contributed by atoms with Crippen molar-refractivity contribution in [2.24, 2.45) is 0 Å². The van der Waals surface area contributed by atoms with Gasteiger partial charge in [0.2, 0.25) is 0 Å². The van der Waals surface area contributed by atoms with Crippen LogP contribution in [0.25, 0.3) is 0 Å². The number of esters is 1. The van der Waals surface area contributed by atoms with Gasteiger partial charge in [-0.2, -0.15) is 0 Å². The Morgan fingerprint density at radius 2 is 2.55 bits per heavy atom. The molecule has 3 nitrogen and oxygen atoms in total. The van der Waals surface area contributed by atoms with Gasteiger partial charge in [0.1, 0.15) is 0 Å². The lowest BCUT2D eigenvalue weighted by atomic mass is 10.1. The van der Waals surface area contributed by atoms with E-state index in [9.17, 15) is 4.79 Å². The van der Waals surface area contributed by atoms with E-state index in [1.165, 1.54) is 18.4 Å². The number of aromatic nitrogens is 1. The van der Waals surface area contributed by atoms with Gasteiger partial charge in [0.05, 0.1) is 18.5 Å². The van der Waals surface area contributed by atoms with Crippen molar-refractivity contribution >= 4 is 17.3 Å². The van der Waals surface area contributed by atoms with E-state index in [2.05, 4.69) is 9.72 Å². The molecule has 1 atom stereocenters. The lowest BCUT2D eigenvalue weighted by Gasteiger charge is -2.04. The largest absolute Gasteiger partial charge is 0.469 e. The summed E-state index contributed by atoms with van der Waals surface area (Å²) >= 11 is 1.46. The number of nitrogens with zero attached hydrogens (tertiary/aromatic N) is 1. The normalized spacial score (nSPS) is 12.5. The molecule has 0 N–H and O–H groups in total. The van der Waals surface area contributed by atoms with Gasteiger partial charge in [-0.15, -0.1) is 11.3 Å². The van der Waals surface area contributed by atoms with Crippen LogP contribution in [0.15, 0.2) is 11.7 Å². The van der Waals surface area contributed by atoms with Gasteiger partial charge in [-0.05, 0) is 6.92 Å². The molecule has 1 rings (SSSR count). The Balaban J connectivity index is 2.70. The number of hydrogen-bond acceptors (Lipinski definition) is 4. The summed E-state index contributed by atoms with van der Waals surface area (Å²) in [5.41, 5.74) is 1.70. The van der Waals surface area contributed by atoms with Gasteiger partial charge in [-0.1, -0.05) is 0 Å². The monoisotopic (exact) mass is 171 g/mol. The minimum atomic E-state index is -0.214. The number of thiazole rings is 1. The Kier molecular flexibility index (Phi) is 2.59. The first-order valence-electron chi connectivity index (χ1n) is 3.22. The van der Waals surface area contributed by atoms with Gasteiger partial charge in [0.15, 0.2) is 0 Å². The van der Waals surface area contributed by atoms with Gasteiger partial charge < -0.3 is 4.74 Å². The molecule has 60 valence electrons. The second-order valence-electron chi connectivity index (χ2n) is 2.15. The fourth-order valence-corrected chi connectivity index (χ4v) is 1.40. The van der Waals surface area contributed by atoms with Crippen LogP contribution in [0.4, 0.5) is 0 Å². The summed E-state index contributed by atoms with van der Waals surface area (Å²) < 4.78 is 4.58. The standard InChI is InChI=1S/C7H9NO2S/c1-5(7(9)10-2)6-3-8-4-11-6/h3-5H,1-2H3/t5-/m1/s1. The molecule has 0 saturated carbocycles. The van der Waals surface area contributed by atoms with Crippen LogP contribution >= 0.6 is 11.3 Å². The quantitative estimate of drug-likeness (QED) is 0.632. The molecule has 0 aromatic carbocycles. The summed E-state index contributed by atoms with van der Waals surface area (Å²) in [7, 11) is 1.39. The molecule has 4 heteroatoms. The highest BCUT2D eigenvalue weighted by atomic mass is 32.1. The highest BCUT2D eigenvalue weighted by Crippen LogP contribution is 2.19. The van der Waals surface area contributed by atoms with Crippen molar-refractivity contribution in [1.29, 1.82) is 0 Å². The lowest BCUT2D eigenvalue weighted by molar-refractivity contribution is -0.141. The van der Waals surface area contributed by atoms with Crippen molar-refractivity contribution in [2.45, 2.75) is 12.8 Å². The van der Waals surface area contributed by atoms with Gasteiger partial charge in [-0.25, -0.2) is 0 Å². The molecule has 0 aliphatic heterocycles. The third-order valence-electron chi connectivity index (χ3n) is 1.43. The maximum Gasteiger partial charge on any atom is 0.313 e. The Morgan fingerprint density at radius 3 is 3.00 bits per heavy atom. The molecule has 0 aliphatic rings. The smallest absolute Gasteiger partial charge is 0.313 e. The van der Waals surface area contributed by atoms with Crippen LogP contribution in [-0.2, 0) is 9.53 Å². The van der Waals surface area contributed by atoms with Crippen LogP contribution in [0.1, 0.15) is 17.7 Å². The number of rotatable bonds is 2. The summed E-state index contributed by atoms with van der Waals surface area (Å²) in [5, 5.41) is 0. The SMILES string of the molecule is COC(=O)[C@H](C)c1cncs1. The van der Waals surface area contributed by atoms with E-state index < -0.39 is 0 Å². The zero-order valence-corrected chi connectivity index (χ0v) is 7.22. The molecule has 1 aromatic heterocycles. The second-order valence-corrected chi connectivity index (χ2v) is 3.07. The maximum atomic E-state index is 11.0. The molecular weight excluding hydrogens is 162 g/mol. The summed E-state index contributed by atoms with van der Waals surface area (Å²) in [6.45, 7) is 1.80. The van der Waals surface area contributed by atoms with Gasteiger partial charge >= 0.3 is 5.97 Å². The first kappa shape index (κ1) is 8.20. The van der Waals surface area contributed by atoms with Crippen molar-refractivity contribution in [3.63, 3.8) is 0 Å². The number of ether oxygens (including phenoxy) is 1. The van der Waals surface area contributed by atoms with Crippen LogP contribution in [0, 0.1) is 0 Å². The predicted molar refractivity (Wildman–Crippen MR) is 42.5 cm³/mol. The molecule has 0 aliphatic carbocycles. The number of carbonyl (C=O) groups is 1. The van der Waals surface area contributed by atoms with E-state index >= 15 is 0 Å². The third kappa shape index (κ3) is 1.77. The summed E-state index contributed by atoms with van der Waals surface area (Å²) in [6, 6.07) is 0. The average Bonchev–Trinajstić information content (AvgIpc) is 2.53. The van der Waals surface area contributed by atoms with E-state index in [0.717, 1.165) is 4.88 Å². The van der Waals surface area contributed by atoms with Crippen molar-refractivity contribution in [2.75, 3.05) is 7.11 Å². The van der Waals surface area contributed by atoms with E-state index in [0.29, 0.717) is 0 Å². The molecule has 0 bridgehead atoms. The van der Waals surface area contributed by atoms with Crippen LogP contribution in [-0.4, -0.2) is 18.1 Å². The zero-order valence-electron chi connectivity index (χ0n) is 6.40. The van der Waals surface area contributed by atoms with Gasteiger partial charge in [0, 0.05) is 11.1 Å². The van der Waals surface area contributed by atoms with Crippen molar-refractivity contribution in [3.05, 3.63) is 16.6 Å². The minimum absolute atomic E-state index is 0.188. The highest BCUT2D eigenvalue weighted by Gasteiger charge is 2.16. The Labute approximate surface area is 69.0 Å². The molecule has 0 unspecified atom stereocenters. The molecule has 1 heterocycles. The van der Waals surface area contributed by atoms with Crippen molar-refractivity contribution in [1.82, 2.24) is 4.98 Å². The molecule has 1 aromatic rings. The van der Waals surface area contributed by atoms with Crippen molar-refractivity contribution < 1.29 is 9.53 Å². The lowest BCUT2D eigenvalue weighted by Crippen LogP contribution is -2.09. The molecule has 0 spiro atoms. The molecule has 0 radical (unpaired) electrons. The number of hydrogen-bond donors (Lipinski definition) is 0. The van der Waals surface area contributed by atoms with Crippen LogP contribution < -0.4 is 0 Å². The van der Waals surface area contributed by atoms with Gasteiger partial charge in [-0.3, -0.25) is 9.78 Å². The minimum Gasteiger partial charge on any atom is -0.469 e. The fraction of sp³-hybridized carbons (Fsp3) is 0.429. The summed E-state index contributed by atoms with van der Waals surface area (Å²) in [4.78, 5) is 15.8. The number of methoxy groups -OCH3 is 1. The fourth-order valence-electron chi connectivity index (χ4n) is 0.732. The Hall–Kier alpha value is -0.900. The van der Waals surface area contributed by atoms with E-state index in [4.69, 9.17) is 0 Å². The first-order chi connectivity index (χ1) is 5.25. The van der Waals surface area contributed by atoms with Crippen LogP contribution in [0.2, 0.25) is 0 Å². The molecular formula is C7H9NO2S. The molecule has 0 saturated heterocycles. The molecule has 0 amide bonds. The van der Waals surface area contributed by atoms with Crippen LogP contribution in [0.3, 0.4) is 0 Å². The van der Waals surface area contributed by atoms with E-state index in [1.54, 1.807) is 18.6 Å². The maximum absolute atomic E-state index is 11.0. The number of carbonyl (C=O) groups excluding carboxylic acids is 1. The van der Waals surface area contributed by atoms with Gasteiger partial charge in [0.25, 0.3) is 0 Å². The molecule has 11 heavy (non-hydrogen) atoms.